The van der Waals surface area contributed by atoms with Crippen LogP contribution in [0.3, 0.4) is 0 Å². The Morgan fingerprint density at radius 3 is 2.87 bits per heavy atom. The lowest BCUT2D eigenvalue weighted by Crippen LogP contribution is -2.51. The van der Waals surface area contributed by atoms with Gasteiger partial charge in [0.05, 0.1) is 17.1 Å². The summed E-state index contributed by atoms with van der Waals surface area (Å²) in [5.74, 6) is -0.274. The summed E-state index contributed by atoms with van der Waals surface area (Å²) in [5.41, 5.74) is 1.13. The van der Waals surface area contributed by atoms with E-state index in [1.54, 1.807) is 10.6 Å². The van der Waals surface area contributed by atoms with Gasteiger partial charge in [0.1, 0.15) is 17.5 Å². The monoisotopic (exact) mass is 439 g/mol. The number of piperazine rings is 1. The number of nitrogens with zero attached hydrogens (tertiary/aromatic N) is 4. The van der Waals surface area contributed by atoms with Gasteiger partial charge in [-0.05, 0) is 25.1 Å². The molecule has 3 aromatic rings. The van der Waals surface area contributed by atoms with E-state index < -0.39 is 11.6 Å². The maximum absolute atomic E-state index is 14.7. The van der Waals surface area contributed by atoms with Crippen LogP contribution >= 0.6 is 11.8 Å². The molecule has 6 nitrogen and oxygen atoms in total. The first-order valence-electron chi connectivity index (χ1n) is 10.1. The molecule has 0 radical (unpaired) electrons. The molecule has 0 saturated carbocycles. The number of aryl methyl sites for hydroxylation is 1. The molecular weight excluding hydrogens is 420 g/mol. The summed E-state index contributed by atoms with van der Waals surface area (Å²) in [6.45, 7) is 4.75. The number of hydrogen-bond donors (Lipinski definition) is 1. The highest BCUT2D eigenvalue weighted by Gasteiger charge is 2.29. The number of anilines is 1. The maximum atomic E-state index is 14.7. The van der Waals surface area contributed by atoms with Gasteiger partial charge in [-0.2, -0.15) is 10.2 Å². The van der Waals surface area contributed by atoms with Gasteiger partial charge in [0.25, 0.3) is 0 Å². The van der Waals surface area contributed by atoms with Gasteiger partial charge >= 0.3 is 5.69 Å². The molecule has 5 rings (SSSR count). The van der Waals surface area contributed by atoms with E-state index in [1.807, 2.05) is 0 Å². The zero-order valence-electron chi connectivity index (χ0n) is 16.8. The minimum atomic E-state index is -0.739. The lowest BCUT2D eigenvalue weighted by atomic mass is 9.96. The quantitative estimate of drug-likeness (QED) is 0.662. The molecule has 158 valence electrons. The Kier molecular flexibility index (Phi) is 4.91. The van der Waals surface area contributed by atoms with E-state index in [0.717, 1.165) is 19.2 Å². The molecule has 1 saturated heterocycles. The van der Waals surface area contributed by atoms with Crippen molar-refractivity contribution in [2.75, 3.05) is 30.3 Å². The molecule has 9 heteroatoms. The van der Waals surface area contributed by atoms with E-state index in [0.29, 0.717) is 46.0 Å². The number of nitriles is 1. The molecule has 31 heavy (non-hydrogen) atoms. The minimum Gasteiger partial charge on any atom is -0.351 e. The Morgan fingerprint density at radius 1 is 1.29 bits per heavy atom. The summed E-state index contributed by atoms with van der Waals surface area (Å²) < 4.78 is 29.9. The van der Waals surface area contributed by atoms with Crippen molar-refractivity contribution >= 4 is 28.5 Å². The molecule has 0 spiro atoms. The Bertz CT molecular complexity index is 1320. The molecule has 2 aliphatic heterocycles. The standard InChI is InChI=1S/C22H19F2N5OS/c1-12-11-26-4-5-28(12)21-16-8-13(10-25)18(15-3-2-14(23)9-17(15)24)20-19(16)29(6-7-31-20)22(30)27-21/h2-3,8-9,12,26H,4-7,11H2,1H3/t12-/m0/s1. The van der Waals surface area contributed by atoms with E-state index in [9.17, 15) is 18.8 Å². The second kappa shape index (κ2) is 7.62. The molecule has 2 aliphatic rings. The summed E-state index contributed by atoms with van der Waals surface area (Å²) in [4.78, 5) is 20.1. The number of aromatic nitrogens is 2. The van der Waals surface area contributed by atoms with Gasteiger partial charge in [-0.1, -0.05) is 0 Å². The maximum Gasteiger partial charge on any atom is 0.350 e. The zero-order valence-corrected chi connectivity index (χ0v) is 17.6. The lowest BCUT2D eigenvalue weighted by Gasteiger charge is -2.36. The van der Waals surface area contributed by atoms with Crippen LogP contribution in [0.4, 0.5) is 14.6 Å². The van der Waals surface area contributed by atoms with Crippen molar-refractivity contribution in [3.05, 3.63) is 51.9 Å². The fourth-order valence-corrected chi connectivity index (χ4v) is 5.60. The number of halogens is 2. The van der Waals surface area contributed by atoms with Crippen LogP contribution in [0.5, 0.6) is 0 Å². The average molecular weight is 439 g/mol. The molecule has 2 aromatic carbocycles. The van der Waals surface area contributed by atoms with E-state index in [4.69, 9.17) is 0 Å². The van der Waals surface area contributed by atoms with Gasteiger partial charge < -0.3 is 10.2 Å². The first kappa shape index (κ1) is 20.0. The van der Waals surface area contributed by atoms with Gasteiger partial charge in [-0.3, -0.25) is 4.57 Å². The second-order valence-corrected chi connectivity index (χ2v) is 8.83. The van der Waals surface area contributed by atoms with E-state index in [2.05, 4.69) is 28.2 Å². The Labute approximate surface area is 181 Å². The summed E-state index contributed by atoms with van der Waals surface area (Å²) >= 11 is 1.48. The van der Waals surface area contributed by atoms with Gasteiger partial charge in [0.15, 0.2) is 0 Å². The SMILES string of the molecule is C[C@H]1CNCCN1c1nc(=O)n2c3c(c(-c4ccc(F)cc4F)c(C#N)cc13)SCC2. The number of benzene rings is 2. The number of thioether (sulfide) groups is 1. The van der Waals surface area contributed by atoms with Crippen LogP contribution in [0.15, 0.2) is 34.0 Å². The highest BCUT2D eigenvalue weighted by molar-refractivity contribution is 7.99. The molecule has 0 unspecified atom stereocenters. The van der Waals surface area contributed by atoms with E-state index in [1.165, 1.54) is 23.9 Å². The summed E-state index contributed by atoms with van der Waals surface area (Å²) in [7, 11) is 0. The predicted octanol–water partition coefficient (Wildman–Crippen LogP) is 3.12. The normalized spacial score (nSPS) is 18.3. The van der Waals surface area contributed by atoms with Crippen molar-refractivity contribution in [2.24, 2.45) is 0 Å². The topological polar surface area (TPSA) is 74.0 Å². The Morgan fingerprint density at radius 2 is 2.13 bits per heavy atom. The van der Waals surface area contributed by atoms with Crippen molar-refractivity contribution in [3.8, 4) is 17.2 Å². The molecule has 0 amide bonds. The summed E-state index contributed by atoms with van der Waals surface area (Å²) in [5, 5.41) is 14.0. The van der Waals surface area contributed by atoms with Crippen molar-refractivity contribution in [1.29, 1.82) is 5.26 Å². The first-order valence-corrected chi connectivity index (χ1v) is 11.1. The molecule has 1 N–H and O–H groups in total. The molecule has 0 bridgehead atoms. The van der Waals surface area contributed by atoms with Gasteiger partial charge in [0.2, 0.25) is 0 Å². The van der Waals surface area contributed by atoms with Crippen LogP contribution in [0.2, 0.25) is 0 Å². The van der Waals surface area contributed by atoms with E-state index in [-0.39, 0.29) is 22.9 Å². The van der Waals surface area contributed by atoms with Crippen LogP contribution in [0.1, 0.15) is 12.5 Å². The Balaban J connectivity index is 1.87. The minimum absolute atomic E-state index is 0.124. The van der Waals surface area contributed by atoms with E-state index >= 15 is 0 Å². The third kappa shape index (κ3) is 3.18. The van der Waals surface area contributed by atoms with Gasteiger partial charge in [-0.25, -0.2) is 13.6 Å². The molecule has 1 atom stereocenters. The zero-order chi connectivity index (χ0) is 21.7. The van der Waals surface area contributed by atoms with Crippen molar-refractivity contribution in [2.45, 2.75) is 24.4 Å². The van der Waals surface area contributed by atoms with Crippen LogP contribution < -0.4 is 15.9 Å². The third-order valence-corrected chi connectivity index (χ3v) is 6.93. The smallest absolute Gasteiger partial charge is 0.350 e. The summed E-state index contributed by atoms with van der Waals surface area (Å²) in [6.07, 6.45) is 0. The average Bonchev–Trinajstić information content (AvgIpc) is 2.76. The largest absolute Gasteiger partial charge is 0.351 e. The molecule has 1 fully saturated rings. The molecular formula is C22H19F2N5OS. The Hall–Kier alpha value is -2.96. The number of nitrogens with one attached hydrogen (secondary N) is 1. The van der Waals surface area contributed by atoms with Crippen LogP contribution in [0, 0.1) is 23.0 Å². The summed E-state index contributed by atoms with van der Waals surface area (Å²) in [6, 6.07) is 7.34. The van der Waals surface area contributed by atoms with Crippen molar-refractivity contribution in [3.63, 3.8) is 0 Å². The second-order valence-electron chi connectivity index (χ2n) is 7.73. The first-order chi connectivity index (χ1) is 15.0. The van der Waals surface area contributed by atoms with Crippen LogP contribution in [-0.4, -0.2) is 41.0 Å². The number of rotatable bonds is 2. The van der Waals surface area contributed by atoms with Gasteiger partial charge in [-0.15, -0.1) is 11.8 Å². The lowest BCUT2D eigenvalue weighted by molar-refractivity contribution is 0.497. The highest BCUT2D eigenvalue weighted by atomic mass is 32.2. The fourth-order valence-electron chi connectivity index (χ4n) is 4.40. The van der Waals surface area contributed by atoms with Gasteiger partial charge in [0, 0.05) is 65.4 Å². The van der Waals surface area contributed by atoms with Crippen LogP contribution in [0.25, 0.3) is 22.0 Å². The number of hydrogen-bond acceptors (Lipinski definition) is 6. The third-order valence-electron chi connectivity index (χ3n) is 5.85. The highest BCUT2D eigenvalue weighted by Crippen LogP contribution is 2.44. The molecule has 3 heterocycles. The molecule has 1 aromatic heterocycles. The predicted molar refractivity (Wildman–Crippen MR) is 116 cm³/mol. The van der Waals surface area contributed by atoms with Crippen LogP contribution in [-0.2, 0) is 6.54 Å². The molecule has 0 aliphatic carbocycles. The fraction of sp³-hybridized carbons (Fsp3) is 0.318. The van der Waals surface area contributed by atoms with Crippen molar-refractivity contribution in [1.82, 2.24) is 14.9 Å². The van der Waals surface area contributed by atoms with Crippen molar-refractivity contribution < 1.29 is 8.78 Å².